The number of ether oxygens (including phenoxy) is 1. The summed E-state index contributed by atoms with van der Waals surface area (Å²) < 4.78 is 6.66. The smallest absolute Gasteiger partial charge is 0.128 e. The Morgan fingerprint density at radius 1 is 1.22 bits per heavy atom. The number of pyridine rings is 1. The Hall–Kier alpha value is -0.400. The van der Waals surface area contributed by atoms with Gasteiger partial charge in [-0.3, -0.25) is 4.90 Å². The zero-order chi connectivity index (χ0) is 12.4. The highest BCUT2D eigenvalue weighted by atomic mass is 127. The van der Waals surface area contributed by atoms with Gasteiger partial charge in [-0.1, -0.05) is 0 Å². The molecule has 0 radical (unpaired) electrons. The van der Waals surface area contributed by atoms with Crippen LogP contribution in [0.4, 0.5) is 5.82 Å². The molecular weight excluding hydrogens is 341 g/mol. The third-order valence-electron chi connectivity index (χ3n) is 3.77. The third kappa shape index (κ3) is 2.78. The fourth-order valence-corrected chi connectivity index (χ4v) is 3.00. The maximum atomic E-state index is 5.47. The van der Waals surface area contributed by atoms with Gasteiger partial charge >= 0.3 is 0 Å². The van der Waals surface area contributed by atoms with E-state index in [0.29, 0.717) is 6.04 Å². The molecule has 18 heavy (non-hydrogen) atoms. The first-order valence-corrected chi connectivity index (χ1v) is 7.59. The minimum atomic E-state index is 0.650. The molecule has 0 unspecified atom stereocenters. The molecule has 4 nitrogen and oxygen atoms in total. The average Bonchev–Trinajstić information content (AvgIpc) is 2.94. The molecule has 3 heterocycles. The van der Waals surface area contributed by atoms with E-state index in [4.69, 9.17) is 4.74 Å². The van der Waals surface area contributed by atoms with Crippen molar-refractivity contribution in [2.45, 2.75) is 12.5 Å². The molecule has 1 atom stereocenters. The highest BCUT2D eigenvalue weighted by molar-refractivity contribution is 14.1. The Bertz CT molecular complexity index is 384. The van der Waals surface area contributed by atoms with Crippen molar-refractivity contribution in [3.63, 3.8) is 0 Å². The van der Waals surface area contributed by atoms with Crippen molar-refractivity contribution in [2.24, 2.45) is 0 Å². The Balaban J connectivity index is 1.57. The summed E-state index contributed by atoms with van der Waals surface area (Å²) in [7, 11) is 0. The van der Waals surface area contributed by atoms with Crippen LogP contribution in [0.2, 0.25) is 0 Å². The van der Waals surface area contributed by atoms with Crippen LogP contribution in [0.1, 0.15) is 6.42 Å². The van der Waals surface area contributed by atoms with E-state index in [-0.39, 0.29) is 0 Å². The summed E-state index contributed by atoms with van der Waals surface area (Å²) in [6.45, 7) is 6.25. The van der Waals surface area contributed by atoms with Crippen molar-refractivity contribution in [1.82, 2.24) is 9.88 Å². The second-order valence-corrected chi connectivity index (χ2v) is 6.12. The van der Waals surface area contributed by atoms with Gasteiger partial charge in [-0.2, -0.15) is 0 Å². The van der Waals surface area contributed by atoms with Gasteiger partial charge in [0, 0.05) is 48.6 Å². The summed E-state index contributed by atoms with van der Waals surface area (Å²) in [6.07, 6.45) is 3.13. The molecule has 0 bridgehead atoms. The van der Waals surface area contributed by atoms with Crippen LogP contribution in [0.3, 0.4) is 0 Å². The fourth-order valence-electron chi connectivity index (χ4n) is 2.68. The zero-order valence-corrected chi connectivity index (χ0v) is 12.5. The number of rotatable bonds is 2. The molecule has 0 saturated carbocycles. The lowest BCUT2D eigenvalue weighted by molar-refractivity contribution is 0.139. The third-order valence-corrected chi connectivity index (χ3v) is 4.41. The van der Waals surface area contributed by atoms with Gasteiger partial charge in [0.25, 0.3) is 0 Å². The van der Waals surface area contributed by atoms with Gasteiger partial charge in [-0.15, -0.1) is 0 Å². The van der Waals surface area contributed by atoms with Crippen molar-refractivity contribution in [1.29, 1.82) is 0 Å². The lowest BCUT2D eigenvalue weighted by Crippen LogP contribution is -2.50. The number of halogens is 1. The zero-order valence-electron chi connectivity index (χ0n) is 10.4. The van der Waals surface area contributed by atoms with Crippen LogP contribution < -0.4 is 4.90 Å². The summed E-state index contributed by atoms with van der Waals surface area (Å²) in [5.74, 6) is 1.11. The van der Waals surface area contributed by atoms with Crippen molar-refractivity contribution < 1.29 is 4.74 Å². The average molecular weight is 359 g/mol. The van der Waals surface area contributed by atoms with E-state index in [1.807, 2.05) is 6.20 Å². The Kier molecular flexibility index (Phi) is 4.00. The van der Waals surface area contributed by atoms with E-state index in [1.54, 1.807) is 0 Å². The molecule has 0 N–H and O–H groups in total. The second-order valence-electron chi connectivity index (χ2n) is 4.88. The number of hydrogen-bond acceptors (Lipinski definition) is 4. The van der Waals surface area contributed by atoms with Crippen molar-refractivity contribution in [2.75, 3.05) is 44.3 Å². The number of hydrogen-bond donors (Lipinski definition) is 0. The van der Waals surface area contributed by atoms with E-state index in [0.717, 1.165) is 45.2 Å². The van der Waals surface area contributed by atoms with E-state index in [2.05, 4.69) is 49.5 Å². The second kappa shape index (κ2) is 5.71. The summed E-state index contributed by atoms with van der Waals surface area (Å²) in [6, 6.07) is 4.90. The molecule has 0 amide bonds. The molecule has 2 fully saturated rings. The van der Waals surface area contributed by atoms with Crippen LogP contribution in [0, 0.1) is 3.57 Å². The monoisotopic (exact) mass is 359 g/mol. The lowest BCUT2D eigenvalue weighted by atomic mass is 10.2. The number of piperazine rings is 1. The standard InChI is InChI=1S/C13H18IN3O/c14-11-1-2-13(15-9-11)17-6-4-16(5-7-17)12-3-8-18-10-12/h1-2,9,12H,3-8,10H2/t12-/m1/s1. The van der Waals surface area contributed by atoms with E-state index < -0.39 is 0 Å². The van der Waals surface area contributed by atoms with Crippen LogP contribution in [0.25, 0.3) is 0 Å². The first kappa shape index (κ1) is 12.6. The molecule has 3 rings (SSSR count). The van der Waals surface area contributed by atoms with Crippen LogP contribution in [-0.2, 0) is 4.74 Å². The predicted octanol–water partition coefficient (Wildman–Crippen LogP) is 1.60. The fraction of sp³-hybridized carbons (Fsp3) is 0.615. The highest BCUT2D eigenvalue weighted by Gasteiger charge is 2.26. The predicted molar refractivity (Wildman–Crippen MR) is 80.0 cm³/mol. The minimum Gasteiger partial charge on any atom is -0.380 e. The first-order chi connectivity index (χ1) is 8.83. The van der Waals surface area contributed by atoms with Gasteiger partial charge in [0.1, 0.15) is 5.82 Å². The van der Waals surface area contributed by atoms with Gasteiger partial charge in [0.05, 0.1) is 6.61 Å². The Morgan fingerprint density at radius 3 is 2.67 bits per heavy atom. The van der Waals surface area contributed by atoms with Crippen molar-refractivity contribution in [3.05, 3.63) is 21.9 Å². The van der Waals surface area contributed by atoms with Crippen LogP contribution in [-0.4, -0.2) is 55.3 Å². The molecule has 0 spiro atoms. The lowest BCUT2D eigenvalue weighted by Gasteiger charge is -2.38. The largest absolute Gasteiger partial charge is 0.380 e. The summed E-state index contributed by atoms with van der Waals surface area (Å²) in [4.78, 5) is 9.44. The first-order valence-electron chi connectivity index (χ1n) is 6.51. The number of nitrogens with zero attached hydrogens (tertiary/aromatic N) is 3. The Labute approximate surface area is 121 Å². The van der Waals surface area contributed by atoms with E-state index in [1.165, 1.54) is 9.99 Å². The highest BCUT2D eigenvalue weighted by Crippen LogP contribution is 2.18. The van der Waals surface area contributed by atoms with Gasteiger partial charge < -0.3 is 9.64 Å². The normalized spacial score (nSPS) is 25.6. The van der Waals surface area contributed by atoms with Crippen LogP contribution in [0.5, 0.6) is 0 Å². The maximum Gasteiger partial charge on any atom is 0.128 e. The molecule has 2 aliphatic rings. The summed E-state index contributed by atoms with van der Waals surface area (Å²) in [5, 5.41) is 0. The molecule has 2 saturated heterocycles. The van der Waals surface area contributed by atoms with Gasteiger partial charge in [-0.05, 0) is 41.1 Å². The number of aromatic nitrogens is 1. The number of anilines is 1. The molecule has 0 aromatic carbocycles. The molecule has 98 valence electrons. The van der Waals surface area contributed by atoms with Crippen LogP contribution in [0.15, 0.2) is 18.3 Å². The van der Waals surface area contributed by atoms with Gasteiger partial charge in [0.15, 0.2) is 0 Å². The quantitative estimate of drug-likeness (QED) is 0.750. The molecule has 0 aliphatic carbocycles. The van der Waals surface area contributed by atoms with Gasteiger partial charge in [-0.25, -0.2) is 4.98 Å². The van der Waals surface area contributed by atoms with Crippen molar-refractivity contribution >= 4 is 28.4 Å². The molecule has 1 aromatic heterocycles. The molecule has 2 aliphatic heterocycles. The van der Waals surface area contributed by atoms with E-state index >= 15 is 0 Å². The molecule has 1 aromatic rings. The molecule has 5 heteroatoms. The molecular formula is C13H18IN3O. The topological polar surface area (TPSA) is 28.6 Å². The van der Waals surface area contributed by atoms with Crippen LogP contribution >= 0.6 is 22.6 Å². The van der Waals surface area contributed by atoms with E-state index in [9.17, 15) is 0 Å². The summed E-state index contributed by atoms with van der Waals surface area (Å²) in [5.41, 5.74) is 0. The Morgan fingerprint density at radius 2 is 2.06 bits per heavy atom. The van der Waals surface area contributed by atoms with Gasteiger partial charge in [0.2, 0.25) is 0 Å². The summed E-state index contributed by atoms with van der Waals surface area (Å²) >= 11 is 2.29. The minimum absolute atomic E-state index is 0.650. The van der Waals surface area contributed by atoms with Crippen molar-refractivity contribution in [3.8, 4) is 0 Å². The SMILES string of the molecule is Ic1ccc(N2CCN([C@@H]3CCOC3)CC2)nc1. The maximum absolute atomic E-state index is 5.47.